The van der Waals surface area contributed by atoms with Gasteiger partial charge in [-0.15, -0.1) is 0 Å². The molecule has 1 atom stereocenters. The Kier molecular flexibility index (Phi) is 3.28. The van der Waals surface area contributed by atoms with Crippen LogP contribution in [-0.2, 0) is 14.4 Å². The van der Waals surface area contributed by atoms with Crippen LogP contribution in [0.15, 0.2) is 5.16 Å². The molecule has 0 aromatic carbocycles. The van der Waals surface area contributed by atoms with Crippen molar-refractivity contribution in [2.75, 3.05) is 13.1 Å². The number of carbonyl (C=O) groups is 2. The number of nitrogens with zero attached hydrogens (tertiary/aromatic N) is 2. The summed E-state index contributed by atoms with van der Waals surface area (Å²) in [6.07, 6.45) is 1.06. The molecule has 6 nitrogen and oxygen atoms in total. The maximum Gasteiger partial charge on any atom is 0.410 e. The normalized spacial score (nSPS) is 23.9. The number of fused-ring (bicyclic) bond motifs is 1. The van der Waals surface area contributed by atoms with Crippen molar-refractivity contribution in [1.82, 2.24) is 4.90 Å². The second-order valence-electron chi connectivity index (χ2n) is 5.59. The lowest BCUT2D eigenvalue weighted by Gasteiger charge is -2.26. The average Bonchev–Trinajstić information content (AvgIpc) is 2.49. The van der Waals surface area contributed by atoms with Crippen LogP contribution in [-0.4, -0.2) is 41.4 Å². The molecule has 0 bridgehead atoms. The van der Waals surface area contributed by atoms with E-state index in [4.69, 9.17) is 4.74 Å². The lowest BCUT2D eigenvalue weighted by atomic mass is 10.00. The first-order valence-electron chi connectivity index (χ1n) is 6.12. The van der Waals surface area contributed by atoms with Gasteiger partial charge in [0.05, 0.1) is 12.3 Å². The number of rotatable bonds is 0. The van der Waals surface area contributed by atoms with E-state index in [1.54, 1.807) is 4.90 Å². The number of hydrogen-bond acceptors (Lipinski definition) is 5. The summed E-state index contributed by atoms with van der Waals surface area (Å²) in [5.41, 5.74) is 0.107. The molecule has 2 aliphatic heterocycles. The van der Waals surface area contributed by atoms with Crippen LogP contribution in [0, 0.1) is 5.92 Å². The van der Waals surface area contributed by atoms with Crippen molar-refractivity contribution in [2.24, 2.45) is 11.1 Å². The van der Waals surface area contributed by atoms with Gasteiger partial charge in [0.25, 0.3) is 0 Å². The van der Waals surface area contributed by atoms with E-state index in [2.05, 4.69) is 9.99 Å². The maximum atomic E-state index is 12.0. The summed E-state index contributed by atoms with van der Waals surface area (Å²) < 4.78 is 5.31. The highest BCUT2D eigenvalue weighted by molar-refractivity contribution is 6.06. The van der Waals surface area contributed by atoms with Crippen LogP contribution in [0.2, 0.25) is 0 Å². The number of ether oxygens (including phenoxy) is 1. The molecular formula is C12H18N2O4. The van der Waals surface area contributed by atoms with E-state index in [1.807, 2.05) is 20.8 Å². The summed E-state index contributed by atoms with van der Waals surface area (Å²) in [7, 11) is 0. The van der Waals surface area contributed by atoms with Crippen molar-refractivity contribution in [3.63, 3.8) is 0 Å². The van der Waals surface area contributed by atoms with E-state index in [1.165, 1.54) is 0 Å². The minimum atomic E-state index is -0.521. The van der Waals surface area contributed by atoms with Crippen molar-refractivity contribution >= 4 is 17.8 Å². The molecule has 100 valence electrons. The molecule has 6 heteroatoms. The predicted octanol–water partition coefficient (Wildman–Crippen LogP) is 1.55. The number of carbonyl (C=O) groups excluding carboxylic acids is 2. The van der Waals surface area contributed by atoms with Crippen molar-refractivity contribution in [3.05, 3.63) is 0 Å². The van der Waals surface area contributed by atoms with Gasteiger partial charge in [-0.3, -0.25) is 0 Å². The zero-order valence-electron chi connectivity index (χ0n) is 10.9. The number of amides is 1. The Morgan fingerprint density at radius 1 is 1.50 bits per heavy atom. The lowest BCUT2D eigenvalue weighted by Crippen LogP contribution is -2.39. The summed E-state index contributed by atoms with van der Waals surface area (Å²) in [6, 6.07) is 0. The van der Waals surface area contributed by atoms with Gasteiger partial charge in [-0.25, -0.2) is 9.59 Å². The van der Waals surface area contributed by atoms with Gasteiger partial charge in [0, 0.05) is 6.54 Å². The SMILES string of the molecule is CC(C)(C)OC(=O)N1CCCC2C(=O)ON=C2C1. The van der Waals surface area contributed by atoms with Gasteiger partial charge in [0.1, 0.15) is 11.5 Å². The second kappa shape index (κ2) is 4.59. The third kappa shape index (κ3) is 2.80. The van der Waals surface area contributed by atoms with E-state index in [0.29, 0.717) is 25.2 Å². The molecule has 0 spiro atoms. The third-order valence-corrected chi connectivity index (χ3v) is 2.87. The van der Waals surface area contributed by atoms with Gasteiger partial charge in [0.2, 0.25) is 0 Å². The fourth-order valence-corrected chi connectivity index (χ4v) is 2.03. The van der Waals surface area contributed by atoms with Crippen molar-refractivity contribution in [3.8, 4) is 0 Å². The smallest absolute Gasteiger partial charge is 0.410 e. The molecule has 0 aromatic heterocycles. The number of oxime groups is 1. The van der Waals surface area contributed by atoms with Gasteiger partial charge in [-0.1, -0.05) is 5.16 Å². The van der Waals surface area contributed by atoms with Crippen LogP contribution >= 0.6 is 0 Å². The van der Waals surface area contributed by atoms with Gasteiger partial charge >= 0.3 is 12.1 Å². The number of hydrogen-bond donors (Lipinski definition) is 0. The van der Waals surface area contributed by atoms with E-state index >= 15 is 0 Å². The molecule has 2 rings (SSSR count). The Hall–Kier alpha value is -1.59. The van der Waals surface area contributed by atoms with E-state index in [9.17, 15) is 9.59 Å². The molecule has 2 heterocycles. The zero-order valence-corrected chi connectivity index (χ0v) is 10.9. The first-order valence-corrected chi connectivity index (χ1v) is 6.12. The highest BCUT2D eigenvalue weighted by atomic mass is 16.7. The Bertz CT molecular complexity index is 397. The average molecular weight is 254 g/mol. The summed E-state index contributed by atoms with van der Waals surface area (Å²) in [4.78, 5) is 29.6. The molecule has 1 fully saturated rings. The summed E-state index contributed by atoms with van der Waals surface area (Å²) in [6.45, 7) is 6.37. The largest absolute Gasteiger partial charge is 0.444 e. The van der Waals surface area contributed by atoms with Crippen molar-refractivity contribution < 1.29 is 19.2 Å². The van der Waals surface area contributed by atoms with Gasteiger partial charge < -0.3 is 14.5 Å². The maximum absolute atomic E-state index is 12.0. The third-order valence-electron chi connectivity index (χ3n) is 2.87. The van der Waals surface area contributed by atoms with Crippen molar-refractivity contribution in [2.45, 2.75) is 39.2 Å². The van der Waals surface area contributed by atoms with Crippen LogP contribution in [0.1, 0.15) is 33.6 Å². The Morgan fingerprint density at radius 2 is 2.22 bits per heavy atom. The molecule has 0 N–H and O–H groups in total. The molecule has 0 saturated carbocycles. The van der Waals surface area contributed by atoms with E-state index in [0.717, 1.165) is 6.42 Å². The van der Waals surface area contributed by atoms with Crippen LogP contribution in [0.5, 0.6) is 0 Å². The highest BCUT2D eigenvalue weighted by Gasteiger charge is 2.37. The monoisotopic (exact) mass is 254 g/mol. The van der Waals surface area contributed by atoms with Crippen molar-refractivity contribution in [1.29, 1.82) is 0 Å². The molecule has 1 amide bonds. The lowest BCUT2D eigenvalue weighted by molar-refractivity contribution is -0.143. The molecule has 2 aliphatic rings. The predicted molar refractivity (Wildman–Crippen MR) is 64.1 cm³/mol. The molecule has 0 radical (unpaired) electrons. The first kappa shape index (κ1) is 12.9. The quantitative estimate of drug-likeness (QED) is 0.615. The Morgan fingerprint density at radius 3 is 2.89 bits per heavy atom. The molecule has 0 aromatic rings. The standard InChI is InChI=1S/C12H18N2O4/c1-12(2,3)17-11(16)14-6-4-5-8-9(7-14)13-18-10(8)15/h8H,4-7H2,1-3H3. The van der Waals surface area contributed by atoms with Gasteiger partial charge in [-0.2, -0.15) is 0 Å². The molecule has 1 unspecified atom stereocenters. The molecule has 0 aliphatic carbocycles. The van der Waals surface area contributed by atoms with E-state index < -0.39 is 5.60 Å². The van der Waals surface area contributed by atoms with Crippen LogP contribution in [0.4, 0.5) is 4.79 Å². The minimum Gasteiger partial charge on any atom is -0.444 e. The van der Waals surface area contributed by atoms with Gasteiger partial charge in [0.15, 0.2) is 0 Å². The minimum absolute atomic E-state index is 0.280. The van der Waals surface area contributed by atoms with Crippen LogP contribution in [0.3, 0.4) is 0 Å². The summed E-state index contributed by atoms with van der Waals surface area (Å²) in [5, 5.41) is 3.75. The van der Waals surface area contributed by atoms with E-state index in [-0.39, 0.29) is 18.0 Å². The Labute approximate surface area is 106 Å². The fraction of sp³-hybridized carbons (Fsp3) is 0.750. The molecule has 1 saturated heterocycles. The zero-order chi connectivity index (χ0) is 13.3. The fourth-order valence-electron chi connectivity index (χ4n) is 2.03. The number of likely N-dealkylation sites (tertiary alicyclic amines) is 1. The topological polar surface area (TPSA) is 68.2 Å². The molecular weight excluding hydrogens is 236 g/mol. The second-order valence-corrected chi connectivity index (χ2v) is 5.59. The van der Waals surface area contributed by atoms with Crippen LogP contribution in [0.25, 0.3) is 0 Å². The first-order chi connectivity index (χ1) is 8.37. The summed E-state index contributed by atoms with van der Waals surface area (Å²) in [5.74, 6) is -0.589. The summed E-state index contributed by atoms with van der Waals surface area (Å²) >= 11 is 0. The molecule has 18 heavy (non-hydrogen) atoms. The highest BCUT2D eigenvalue weighted by Crippen LogP contribution is 2.23. The van der Waals surface area contributed by atoms with Crippen LogP contribution < -0.4 is 0 Å². The Balaban J connectivity index is 2.03. The van der Waals surface area contributed by atoms with Gasteiger partial charge in [-0.05, 0) is 33.6 Å².